The summed E-state index contributed by atoms with van der Waals surface area (Å²) in [4.78, 5) is 0. The molecule has 1 aromatic rings. The SMILES string of the molecule is CC(C)NCc1nnnn1C1CCCC1. The Balaban J connectivity index is 2.01. The van der Waals surface area contributed by atoms with E-state index in [0.717, 1.165) is 12.4 Å². The van der Waals surface area contributed by atoms with Crippen molar-refractivity contribution in [1.82, 2.24) is 25.5 Å². The molecule has 1 N–H and O–H groups in total. The molecule has 0 saturated heterocycles. The number of tetrazole rings is 1. The number of rotatable bonds is 4. The maximum absolute atomic E-state index is 4.09. The first-order valence-electron chi connectivity index (χ1n) is 5.77. The van der Waals surface area contributed by atoms with E-state index in [1.807, 2.05) is 4.68 Å². The lowest BCUT2D eigenvalue weighted by molar-refractivity contribution is 0.426. The van der Waals surface area contributed by atoms with Crippen LogP contribution in [0, 0.1) is 0 Å². The quantitative estimate of drug-likeness (QED) is 0.811. The zero-order chi connectivity index (χ0) is 10.7. The van der Waals surface area contributed by atoms with Crippen LogP contribution in [0.1, 0.15) is 51.4 Å². The zero-order valence-electron chi connectivity index (χ0n) is 9.48. The minimum atomic E-state index is 0.471. The van der Waals surface area contributed by atoms with Gasteiger partial charge in [0.15, 0.2) is 5.82 Å². The highest BCUT2D eigenvalue weighted by molar-refractivity contribution is 4.86. The Bertz CT molecular complexity index is 301. The third-order valence-electron chi connectivity index (χ3n) is 2.90. The standard InChI is InChI=1S/C10H19N5/c1-8(2)11-7-10-12-13-14-15(10)9-5-3-4-6-9/h8-9,11H,3-7H2,1-2H3. The normalized spacial score (nSPS) is 17.8. The van der Waals surface area contributed by atoms with Crippen LogP contribution in [0.4, 0.5) is 0 Å². The van der Waals surface area contributed by atoms with Crippen LogP contribution in [0.5, 0.6) is 0 Å². The second kappa shape index (κ2) is 4.70. The fourth-order valence-corrected chi connectivity index (χ4v) is 2.06. The Hall–Kier alpha value is -0.970. The van der Waals surface area contributed by atoms with E-state index < -0.39 is 0 Å². The molecule has 0 spiro atoms. The molecule has 1 aromatic heterocycles. The van der Waals surface area contributed by atoms with Gasteiger partial charge in [0.1, 0.15) is 0 Å². The molecule has 1 saturated carbocycles. The van der Waals surface area contributed by atoms with Crippen LogP contribution in [-0.4, -0.2) is 26.2 Å². The first-order valence-corrected chi connectivity index (χ1v) is 5.77. The Morgan fingerprint density at radius 2 is 2.13 bits per heavy atom. The summed E-state index contributed by atoms with van der Waals surface area (Å²) in [7, 11) is 0. The van der Waals surface area contributed by atoms with Gasteiger partial charge in [-0.25, -0.2) is 4.68 Å². The maximum Gasteiger partial charge on any atom is 0.165 e. The van der Waals surface area contributed by atoms with Crippen LogP contribution in [0.15, 0.2) is 0 Å². The van der Waals surface area contributed by atoms with Crippen LogP contribution in [-0.2, 0) is 6.54 Å². The van der Waals surface area contributed by atoms with Crippen LogP contribution in [0.2, 0.25) is 0 Å². The minimum Gasteiger partial charge on any atom is -0.308 e. The van der Waals surface area contributed by atoms with E-state index in [1.165, 1.54) is 25.7 Å². The number of aromatic nitrogens is 4. The molecule has 0 aliphatic heterocycles. The van der Waals surface area contributed by atoms with Crippen molar-refractivity contribution < 1.29 is 0 Å². The second-order valence-electron chi connectivity index (χ2n) is 4.51. The lowest BCUT2D eigenvalue weighted by Gasteiger charge is -2.12. The number of hydrogen-bond acceptors (Lipinski definition) is 4. The zero-order valence-corrected chi connectivity index (χ0v) is 9.48. The minimum absolute atomic E-state index is 0.471. The van der Waals surface area contributed by atoms with E-state index in [1.54, 1.807) is 0 Å². The van der Waals surface area contributed by atoms with Crippen LogP contribution >= 0.6 is 0 Å². The van der Waals surface area contributed by atoms with E-state index >= 15 is 0 Å². The van der Waals surface area contributed by atoms with E-state index in [2.05, 4.69) is 34.7 Å². The molecule has 1 heterocycles. The predicted molar refractivity (Wildman–Crippen MR) is 57.3 cm³/mol. The summed E-state index contributed by atoms with van der Waals surface area (Å²) in [5, 5.41) is 15.3. The molecule has 84 valence electrons. The molecule has 1 aliphatic rings. The van der Waals surface area contributed by atoms with Gasteiger partial charge in [-0.15, -0.1) is 5.10 Å². The molecule has 0 unspecified atom stereocenters. The van der Waals surface area contributed by atoms with Crippen molar-refractivity contribution in [3.63, 3.8) is 0 Å². The summed E-state index contributed by atoms with van der Waals surface area (Å²) in [5.41, 5.74) is 0. The summed E-state index contributed by atoms with van der Waals surface area (Å²) in [6.45, 7) is 5.02. The van der Waals surface area contributed by atoms with Crippen molar-refractivity contribution in [2.75, 3.05) is 0 Å². The molecule has 0 amide bonds. The van der Waals surface area contributed by atoms with Gasteiger partial charge in [-0.1, -0.05) is 26.7 Å². The molecule has 2 rings (SSSR count). The summed E-state index contributed by atoms with van der Waals surface area (Å²) in [5.74, 6) is 0.968. The highest BCUT2D eigenvalue weighted by Gasteiger charge is 2.20. The maximum atomic E-state index is 4.09. The lowest BCUT2D eigenvalue weighted by Crippen LogP contribution is -2.25. The molecule has 0 radical (unpaired) electrons. The van der Waals surface area contributed by atoms with Gasteiger partial charge in [0.25, 0.3) is 0 Å². The summed E-state index contributed by atoms with van der Waals surface area (Å²) in [6, 6.07) is 1.00. The van der Waals surface area contributed by atoms with Crippen molar-refractivity contribution in [3.8, 4) is 0 Å². The van der Waals surface area contributed by atoms with Crippen molar-refractivity contribution in [1.29, 1.82) is 0 Å². The van der Waals surface area contributed by atoms with Gasteiger partial charge in [0.2, 0.25) is 0 Å². The molecule has 0 atom stereocenters. The van der Waals surface area contributed by atoms with E-state index in [-0.39, 0.29) is 0 Å². The van der Waals surface area contributed by atoms with Gasteiger partial charge in [0.05, 0.1) is 12.6 Å². The number of hydrogen-bond donors (Lipinski definition) is 1. The van der Waals surface area contributed by atoms with Crippen LogP contribution in [0.3, 0.4) is 0 Å². The van der Waals surface area contributed by atoms with Crippen molar-refractivity contribution in [2.45, 2.75) is 58.2 Å². The molecule has 0 aromatic carbocycles. The van der Waals surface area contributed by atoms with Gasteiger partial charge in [-0.3, -0.25) is 0 Å². The molecule has 1 aliphatic carbocycles. The largest absolute Gasteiger partial charge is 0.308 e. The van der Waals surface area contributed by atoms with Gasteiger partial charge >= 0.3 is 0 Å². The Morgan fingerprint density at radius 3 is 2.80 bits per heavy atom. The molecule has 0 bridgehead atoms. The molecule has 5 nitrogen and oxygen atoms in total. The summed E-state index contributed by atoms with van der Waals surface area (Å²) < 4.78 is 2.00. The fraction of sp³-hybridized carbons (Fsp3) is 0.900. The molecule has 15 heavy (non-hydrogen) atoms. The smallest absolute Gasteiger partial charge is 0.165 e. The monoisotopic (exact) mass is 209 g/mol. The summed E-state index contributed by atoms with van der Waals surface area (Å²) >= 11 is 0. The molecular weight excluding hydrogens is 190 g/mol. The first-order chi connectivity index (χ1) is 7.27. The fourth-order valence-electron chi connectivity index (χ4n) is 2.06. The van der Waals surface area contributed by atoms with Gasteiger partial charge in [-0.05, 0) is 23.3 Å². The first kappa shape index (κ1) is 10.5. The van der Waals surface area contributed by atoms with E-state index in [4.69, 9.17) is 0 Å². The van der Waals surface area contributed by atoms with Crippen molar-refractivity contribution >= 4 is 0 Å². The van der Waals surface area contributed by atoms with Crippen LogP contribution < -0.4 is 5.32 Å². The highest BCUT2D eigenvalue weighted by atomic mass is 15.6. The van der Waals surface area contributed by atoms with Crippen molar-refractivity contribution in [3.05, 3.63) is 5.82 Å². The van der Waals surface area contributed by atoms with Crippen LogP contribution in [0.25, 0.3) is 0 Å². The van der Waals surface area contributed by atoms with E-state index in [0.29, 0.717) is 12.1 Å². The highest BCUT2D eigenvalue weighted by Crippen LogP contribution is 2.28. The average Bonchev–Trinajstić information content (AvgIpc) is 2.85. The topological polar surface area (TPSA) is 55.6 Å². The second-order valence-corrected chi connectivity index (χ2v) is 4.51. The van der Waals surface area contributed by atoms with Gasteiger partial charge < -0.3 is 5.32 Å². The Morgan fingerprint density at radius 1 is 1.40 bits per heavy atom. The van der Waals surface area contributed by atoms with E-state index in [9.17, 15) is 0 Å². The Kier molecular flexibility index (Phi) is 3.30. The lowest BCUT2D eigenvalue weighted by atomic mass is 10.2. The number of nitrogens with one attached hydrogen (secondary N) is 1. The number of nitrogens with zero attached hydrogens (tertiary/aromatic N) is 4. The summed E-state index contributed by atoms with van der Waals surface area (Å²) in [6.07, 6.45) is 5.06. The molecule has 1 fully saturated rings. The van der Waals surface area contributed by atoms with Gasteiger partial charge in [-0.2, -0.15) is 0 Å². The molecular formula is C10H19N5. The Labute approximate surface area is 90.2 Å². The third-order valence-corrected chi connectivity index (χ3v) is 2.90. The third kappa shape index (κ3) is 2.53. The van der Waals surface area contributed by atoms with Gasteiger partial charge in [0, 0.05) is 6.04 Å². The molecule has 5 heteroatoms. The predicted octanol–water partition coefficient (Wildman–Crippen LogP) is 1.29. The average molecular weight is 209 g/mol. The van der Waals surface area contributed by atoms with Crippen molar-refractivity contribution in [2.24, 2.45) is 0 Å².